The molecular weight excluding hydrogens is 316 g/mol. The lowest BCUT2D eigenvalue weighted by Crippen LogP contribution is -2.25. The summed E-state index contributed by atoms with van der Waals surface area (Å²) in [6.45, 7) is 8.33. The van der Waals surface area contributed by atoms with Gasteiger partial charge >= 0.3 is 0 Å². The normalized spacial score (nSPS) is 30.7. The van der Waals surface area contributed by atoms with Crippen LogP contribution in [0.25, 0.3) is 0 Å². The van der Waals surface area contributed by atoms with Crippen LogP contribution in [0, 0.1) is 17.8 Å². The average Bonchev–Trinajstić information content (AvgIpc) is 2.69. The minimum absolute atomic E-state index is 0.213. The molecule has 0 saturated heterocycles. The molecule has 144 valence electrons. The van der Waals surface area contributed by atoms with Gasteiger partial charge in [0.15, 0.2) is 0 Å². The van der Waals surface area contributed by atoms with E-state index in [4.69, 9.17) is 0 Å². The second kappa shape index (κ2) is 9.11. The number of benzene rings is 1. The Labute approximate surface area is 160 Å². The van der Waals surface area contributed by atoms with Crippen LogP contribution in [0.3, 0.4) is 0 Å². The van der Waals surface area contributed by atoms with Gasteiger partial charge in [-0.1, -0.05) is 57.7 Å². The molecule has 0 radical (unpaired) electrons. The van der Waals surface area contributed by atoms with Gasteiger partial charge in [-0.15, -0.1) is 6.58 Å². The van der Waals surface area contributed by atoms with Gasteiger partial charge in [-0.3, -0.25) is 0 Å². The van der Waals surface area contributed by atoms with Gasteiger partial charge in [-0.2, -0.15) is 0 Å². The Hall–Kier alpha value is -1.24. The number of hydrogen-bond donors (Lipinski definition) is 1. The molecule has 0 heterocycles. The quantitative estimate of drug-likeness (QED) is 0.522. The standard InChI is InChI=1S/C25H38O/c1-4-6-19-7-9-20(10-8-19)21-11-13-22(14-12-21)23-15-16-25(26)24(17-23)18(3)5-2/h5,15-22,26H,2,4,6-14H2,1,3H3. The highest BCUT2D eigenvalue weighted by molar-refractivity contribution is 5.41. The lowest BCUT2D eigenvalue weighted by Gasteiger charge is -2.38. The van der Waals surface area contributed by atoms with E-state index in [1.54, 1.807) is 0 Å². The lowest BCUT2D eigenvalue weighted by molar-refractivity contribution is 0.156. The van der Waals surface area contributed by atoms with Gasteiger partial charge in [-0.25, -0.2) is 0 Å². The molecule has 1 aromatic rings. The molecule has 2 aliphatic rings. The van der Waals surface area contributed by atoms with Crippen molar-refractivity contribution in [3.63, 3.8) is 0 Å². The summed E-state index contributed by atoms with van der Waals surface area (Å²) in [5, 5.41) is 10.2. The number of allylic oxidation sites excluding steroid dienone is 1. The van der Waals surface area contributed by atoms with E-state index in [1.165, 1.54) is 69.8 Å². The van der Waals surface area contributed by atoms with E-state index in [2.05, 4.69) is 32.6 Å². The second-order valence-corrected chi connectivity index (χ2v) is 9.02. The second-order valence-electron chi connectivity index (χ2n) is 9.02. The largest absolute Gasteiger partial charge is 0.508 e. The van der Waals surface area contributed by atoms with Crippen molar-refractivity contribution in [1.82, 2.24) is 0 Å². The first-order chi connectivity index (χ1) is 12.6. The molecule has 0 bridgehead atoms. The third-order valence-electron chi connectivity index (χ3n) is 7.39. The Balaban J connectivity index is 1.55. The van der Waals surface area contributed by atoms with Crippen molar-refractivity contribution in [3.8, 4) is 5.75 Å². The summed E-state index contributed by atoms with van der Waals surface area (Å²) in [5.41, 5.74) is 2.46. The first-order valence-corrected chi connectivity index (χ1v) is 11.1. The molecule has 1 atom stereocenters. The first kappa shape index (κ1) is 19.5. The zero-order valence-electron chi connectivity index (χ0n) is 16.9. The molecule has 3 rings (SSSR count). The van der Waals surface area contributed by atoms with Gasteiger partial charge in [0.05, 0.1) is 0 Å². The molecule has 1 N–H and O–H groups in total. The maximum absolute atomic E-state index is 10.2. The third kappa shape index (κ3) is 4.53. The lowest BCUT2D eigenvalue weighted by atomic mass is 9.68. The van der Waals surface area contributed by atoms with Crippen LogP contribution in [0.1, 0.15) is 101 Å². The first-order valence-electron chi connectivity index (χ1n) is 11.1. The van der Waals surface area contributed by atoms with Gasteiger partial charge in [0.25, 0.3) is 0 Å². The molecule has 26 heavy (non-hydrogen) atoms. The zero-order chi connectivity index (χ0) is 18.5. The van der Waals surface area contributed by atoms with Gasteiger partial charge < -0.3 is 5.11 Å². The molecule has 0 aromatic heterocycles. The van der Waals surface area contributed by atoms with Crippen molar-refractivity contribution < 1.29 is 5.11 Å². The molecule has 0 amide bonds. The van der Waals surface area contributed by atoms with E-state index in [1.807, 2.05) is 12.1 Å². The zero-order valence-corrected chi connectivity index (χ0v) is 16.9. The van der Waals surface area contributed by atoms with Gasteiger partial charge in [0, 0.05) is 11.5 Å². The summed E-state index contributed by atoms with van der Waals surface area (Å²) >= 11 is 0. The monoisotopic (exact) mass is 354 g/mol. The van der Waals surface area contributed by atoms with Crippen LogP contribution in [0.4, 0.5) is 0 Å². The predicted octanol–water partition coefficient (Wildman–Crippen LogP) is 7.56. The summed E-state index contributed by atoms with van der Waals surface area (Å²) in [4.78, 5) is 0. The number of phenols is 1. The third-order valence-corrected chi connectivity index (χ3v) is 7.39. The Morgan fingerprint density at radius 3 is 2.23 bits per heavy atom. The molecule has 2 aliphatic carbocycles. The molecule has 1 nitrogen and oxygen atoms in total. The average molecular weight is 355 g/mol. The van der Waals surface area contributed by atoms with Crippen molar-refractivity contribution in [3.05, 3.63) is 42.0 Å². The molecular formula is C25H38O. The van der Waals surface area contributed by atoms with Crippen molar-refractivity contribution in [1.29, 1.82) is 0 Å². The molecule has 1 aromatic carbocycles. The fraction of sp³-hybridized carbons (Fsp3) is 0.680. The van der Waals surface area contributed by atoms with Crippen LogP contribution in [0.15, 0.2) is 30.9 Å². The van der Waals surface area contributed by atoms with Gasteiger partial charge in [0.2, 0.25) is 0 Å². The molecule has 0 aliphatic heterocycles. The molecule has 2 saturated carbocycles. The Morgan fingerprint density at radius 2 is 1.65 bits per heavy atom. The van der Waals surface area contributed by atoms with E-state index < -0.39 is 0 Å². The van der Waals surface area contributed by atoms with Crippen molar-refractivity contribution in [2.75, 3.05) is 0 Å². The van der Waals surface area contributed by atoms with Gasteiger partial charge in [-0.05, 0) is 73.8 Å². The fourth-order valence-electron chi connectivity index (χ4n) is 5.60. The van der Waals surface area contributed by atoms with Crippen molar-refractivity contribution in [2.24, 2.45) is 17.8 Å². The number of phenolic OH excluding ortho intramolecular Hbond substituents is 1. The van der Waals surface area contributed by atoms with Crippen LogP contribution in [-0.4, -0.2) is 5.11 Å². The highest BCUT2D eigenvalue weighted by Crippen LogP contribution is 2.45. The van der Waals surface area contributed by atoms with Crippen LogP contribution in [0.2, 0.25) is 0 Å². The number of aromatic hydroxyl groups is 1. The Bertz CT molecular complexity index is 574. The maximum Gasteiger partial charge on any atom is 0.119 e. The van der Waals surface area contributed by atoms with E-state index in [9.17, 15) is 5.11 Å². The minimum atomic E-state index is 0.213. The molecule has 1 unspecified atom stereocenters. The Morgan fingerprint density at radius 1 is 1.04 bits per heavy atom. The topological polar surface area (TPSA) is 20.2 Å². The smallest absolute Gasteiger partial charge is 0.119 e. The fourth-order valence-corrected chi connectivity index (χ4v) is 5.60. The van der Waals surface area contributed by atoms with Gasteiger partial charge in [0.1, 0.15) is 5.75 Å². The SMILES string of the molecule is C=CC(C)c1cc(C2CCC(C3CCC(CCC)CC3)CC2)ccc1O. The highest BCUT2D eigenvalue weighted by atomic mass is 16.3. The van der Waals surface area contributed by atoms with E-state index in [0.29, 0.717) is 11.7 Å². The number of rotatable bonds is 6. The molecule has 1 heteroatoms. The van der Waals surface area contributed by atoms with Crippen LogP contribution in [-0.2, 0) is 0 Å². The van der Waals surface area contributed by atoms with Crippen LogP contribution < -0.4 is 0 Å². The Kier molecular flexibility index (Phi) is 6.84. The molecule has 0 spiro atoms. The van der Waals surface area contributed by atoms with Crippen molar-refractivity contribution in [2.45, 2.75) is 89.9 Å². The van der Waals surface area contributed by atoms with Crippen LogP contribution in [0.5, 0.6) is 5.75 Å². The molecule has 2 fully saturated rings. The maximum atomic E-state index is 10.2. The minimum Gasteiger partial charge on any atom is -0.508 e. The predicted molar refractivity (Wildman–Crippen MR) is 112 cm³/mol. The highest BCUT2D eigenvalue weighted by Gasteiger charge is 2.31. The summed E-state index contributed by atoms with van der Waals surface area (Å²) < 4.78 is 0. The summed E-state index contributed by atoms with van der Waals surface area (Å²) in [6, 6.07) is 6.28. The van der Waals surface area contributed by atoms with Crippen molar-refractivity contribution >= 4 is 0 Å². The van der Waals surface area contributed by atoms with E-state index >= 15 is 0 Å². The van der Waals surface area contributed by atoms with Crippen LogP contribution >= 0.6 is 0 Å². The summed E-state index contributed by atoms with van der Waals surface area (Å²) in [5.74, 6) is 4.30. The number of hydrogen-bond acceptors (Lipinski definition) is 1. The summed E-state index contributed by atoms with van der Waals surface area (Å²) in [6.07, 6.45) is 16.1. The summed E-state index contributed by atoms with van der Waals surface area (Å²) in [7, 11) is 0. The van der Waals surface area contributed by atoms with E-state index in [-0.39, 0.29) is 5.92 Å². The van der Waals surface area contributed by atoms with E-state index in [0.717, 1.165) is 23.3 Å².